The number of hydrogen-bond donors (Lipinski definition) is 1. The Labute approximate surface area is 172 Å². The number of halogens is 2. The normalized spacial score (nSPS) is 10.8. The van der Waals surface area contributed by atoms with Gasteiger partial charge < -0.3 is 5.32 Å². The van der Waals surface area contributed by atoms with Crippen molar-refractivity contribution in [2.24, 2.45) is 0 Å². The van der Waals surface area contributed by atoms with Gasteiger partial charge in [0.05, 0.1) is 17.3 Å². The molecule has 0 aliphatic carbocycles. The average Bonchev–Trinajstić information content (AvgIpc) is 3.03. The molecule has 27 heavy (non-hydrogen) atoms. The lowest BCUT2D eigenvalue weighted by atomic mass is 10.2. The molecule has 0 saturated carbocycles. The van der Waals surface area contributed by atoms with Crippen LogP contribution in [0.4, 0.5) is 0 Å². The molecule has 1 N–H and O–H groups in total. The molecule has 1 amide bonds. The van der Waals surface area contributed by atoms with E-state index in [4.69, 9.17) is 23.2 Å². The van der Waals surface area contributed by atoms with Crippen molar-refractivity contribution >= 4 is 40.9 Å². The molecule has 0 unspecified atom stereocenters. The Balaban J connectivity index is 1.96. The van der Waals surface area contributed by atoms with Crippen LogP contribution in [-0.4, -0.2) is 33.0 Å². The Kier molecular flexibility index (Phi) is 6.77. The molecule has 0 saturated heterocycles. The number of aromatic nitrogens is 3. The van der Waals surface area contributed by atoms with Gasteiger partial charge in [-0.15, -0.1) is 10.2 Å². The van der Waals surface area contributed by atoms with Gasteiger partial charge in [-0.3, -0.25) is 9.36 Å². The smallest absolute Gasteiger partial charge is 0.230 e. The van der Waals surface area contributed by atoms with Crippen molar-refractivity contribution in [3.05, 3.63) is 64.1 Å². The molecule has 3 aromatic rings. The quantitative estimate of drug-likeness (QED) is 0.570. The number of hydrogen-bond acceptors (Lipinski definition) is 4. The van der Waals surface area contributed by atoms with E-state index < -0.39 is 0 Å². The molecule has 140 valence electrons. The Hall–Kier alpha value is -2.02. The van der Waals surface area contributed by atoms with Crippen molar-refractivity contribution in [1.29, 1.82) is 0 Å². The van der Waals surface area contributed by atoms with Crippen LogP contribution < -0.4 is 5.32 Å². The molecule has 1 heterocycles. The number of benzene rings is 2. The molecule has 0 aliphatic rings. The number of carbonyl (C=O) groups is 1. The maximum absolute atomic E-state index is 11.8. The fraction of sp³-hybridized carbons (Fsp3) is 0.211. The zero-order valence-electron chi connectivity index (χ0n) is 14.7. The number of nitrogens with zero attached hydrogens (tertiary/aromatic N) is 3. The molecule has 8 heteroatoms. The summed E-state index contributed by atoms with van der Waals surface area (Å²) in [4.78, 5) is 11.8. The van der Waals surface area contributed by atoms with Crippen molar-refractivity contribution in [2.45, 2.75) is 18.6 Å². The summed E-state index contributed by atoms with van der Waals surface area (Å²) in [7, 11) is 0. The number of nitrogens with one attached hydrogen (secondary N) is 1. The second kappa shape index (κ2) is 9.26. The van der Waals surface area contributed by atoms with Crippen molar-refractivity contribution in [3.63, 3.8) is 0 Å². The van der Waals surface area contributed by atoms with Crippen molar-refractivity contribution in [3.8, 4) is 11.4 Å². The molecular weight excluding hydrogens is 403 g/mol. The largest absolute Gasteiger partial charge is 0.356 e. The van der Waals surface area contributed by atoms with Gasteiger partial charge in [-0.25, -0.2) is 0 Å². The lowest BCUT2D eigenvalue weighted by Crippen LogP contribution is -2.24. The van der Waals surface area contributed by atoms with Crippen LogP contribution in [0.3, 0.4) is 0 Å². The zero-order chi connectivity index (χ0) is 19.2. The van der Waals surface area contributed by atoms with Gasteiger partial charge in [-0.1, -0.05) is 65.3 Å². The predicted octanol–water partition coefficient (Wildman–Crippen LogP) is 4.53. The summed E-state index contributed by atoms with van der Waals surface area (Å²) in [6.07, 6.45) is 0. The molecule has 0 fully saturated rings. The predicted molar refractivity (Wildman–Crippen MR) is 110 cm³/mol. The van der Waals surface area contributed by atoms with Gasteiger partial charge in [0.2, 0.25) is 5.91 Å². The first-order valence-corrected chi connectivity index (χ1v) is 10.1. The van der Waals surface area contributed by atoms with E-state index in [2.05, 4.69) is 15.5 Å². The van der Waals surface area contributed by atoms with Crippen LogP contribution in [0, 0.1) is 0 Å². The van der Waals surface area contributed by atoms with Gasteiger partial charge >= 0.3 is 0 Å². The molecule has 0 aliphatic heterocycles. The maximum Gasteiger partial charge on any atom is 0.230 e. The SMILES string of the molecule is CCNC(=O)CSc1nnc(-c2ccc(Cl)cc2Cl)n1Cc1ccccc1. The average molecular weight is 421 g/mol. The molecule has 3 rings (SSSR count). The van der Waals surface area contributed by atoms with E-state index >= 15 is 0 Å². The summed E-state index contributed by atoms with van der Waals surface area (Å²) in [5.74, 6) is 0.872. The molecule has 5 nitrogen and oxygen atoms in total. The second-order valence-electron chi connectivity index (χ2n) is 5.74. The highest BCUT2D eigenvalue weighted by Crippen LogP contribution is 2.32. The molecule has 1 aromatic heterocycles. The molecular formula is C19H18Cl2N4OS. The van der Waals surface area contributed by atoms with Gasteiger partial charge in [-0.2, -0.15) is 0 Å². The van der Waals surface area contributed by atoms with Gasteiger partial charge in [-0.05, 0) is 30.7 Å². The number of thioether (sulfide) groups is 1. The summed E-state index contributed by atoms with van der Waals surface area (Å²) in [5.41, 5.74) is 1.85. The topological polar surface area (TPSA) is 59.8 Å². The molecule has 0 bridgehead atoms. The molecule has 0 atom stereocenters. The Morgan fingerprint density at radius 2 is 1.93 bits per heavy atom. The van der Waals surface area contributed by atoms with Crippen molar-refractivity contribution in [2.75, 3.05) is 12.3 Å². The van der Waals surface area contributed by atoms with Crippen LogP contribution >= 0.6 is 35.0 Å². The van der Waals surface area contributed by atoms with E-state index in [1.54, 1.807) is 12.1 Å². The summed E-state index contributed by atoms with van der Waals surface area (Å²) in [6, 6.07) is 15.3. The molecule has 0 radical (unpaired) electrons. The molecule has 0 spiro atoms. The third-order valence-corrected chi connectivity index (χ3v) is 5.29. The fourth-order valence-corrected chi connectivity index (χ4v) is 3.81. The lowest BCUT2D eigenvalue weighted by molar-refractivity contribution is -0.118. The van der Waals surface area contributed by atoms with Crippen molar-refractivity contribution < 1.29 is 4.79 Å². The van der Waals surface area contributed by atoms with E-state index in [-0.39, 0.29) is 11.7 Å². The summed E-state index contributed by atoms with van der Waals surface area (Å²) in [5, 5.41) is 13.1. The third kappa shape index (κ3) is 5.03. The minimum absolute atomic E-state index is 0.0390. The van der Waals surface area contributed by atoms with Crippen molar-refractivity contribution in [1.82, 2.24) is 20.1 Å². The van der Waals surface area contributed by atoms with E-state index in [0.717, 1.165) is 11.1 Å². The van der Waals surface area contributed by atoms with Gasteiger partial charge in [0, 0.05) is 17.1 Å². The summed E-state index contributed by atoms with van der Waals surface area (Å²) < 4.78 is 1.97. The number of rotatable bonds is 7. The van der Waals surface area contributed by atoms with Crippen LogP contribution in [0.2, 0.25) is 10.0 Å². The first-order valence-electron chi connectivity index (χ1n) is 8.40. The van der Waals surface area contributed by atoms with Gasteiger partial charge in [0.15, 0.2) is 11.0 Å². The Morgan fingerprint density at radius 3 is 2.63 bits per heavy atom. The first kappa shape index (κ1) is 19.7. The van der Waals surface area contributed by atoms with Gasteiger partial charge in [0.1, 0.15) is 0 Å². The molecule has 2 aromatic carbocycles. The van der Waals surface area contributed by atoms with Crippen LogP contribution in [0.5, 0.6) is 0 Å². The van der Waals surface area contributed by atoms with E-state index in [0.29, 0.717) is 34.1 Å². The minimum Gasteiger partial charge on any atom is -0.356 e. The van der Waals surface area contributed by atoms with E-state index in [1.165, 1.54) is 11.8 Å². The van der Waals surface area contributed by atoms with E-state index in [1.807, 2.05) is 47.9 Å². The third-order valence-electron chi connectivity index (χ3n) is 3.78. The lowest BCUT2D eigenvalue weighted by Gasteiger charge is -2.11. The van der Waals surface area contributed by atoms with Crippen LogP contribution in [0.25, 0.3) is 11.4 Å². The first-order chi connectivity index (χ1) is 13.1. The minimum atomic E-state index is -0.0390. The van der Waals surface area contributed by atoms with Crippen LogP contribution in [0.15, 0.2) is 53.7 Å². The fourth-order valence-electron chi connectivity index (χ4n) is 2.55. The number of carbonyl (C=O) groups excluding carboxylic acids is 1. The van der Waals surface area contributed by atoms with Crippen LogP contribution in [0.1, 0.15) is 12.5 Å². The highest BCUT2D eigenvalue weighted by molar-refractivity contribution is 7.99. The standard InChI is InChI=1S/C19H18Cl2N4OS/c1-2-22-17(26)12-27-19-24-23-18(15-9-8-14(20)10-16(15)21)25(19)11-13-6-4-3-5-7-13/h3-10H,2,11-12H2,1H3,(H,22,26). The summed E-state index contributed by atoms with van der Waals surface area (Å²) in [6.45, 7) is 3.06. The maximum atomic E-state index is 11.8. The zero-order valence-corrected chi connectivity index (χ0v) is 17.0. The highest BCUT2D eigenvalue weighted by Gasteiger charge is 2.18. The van der Waals surface area contributed by atoms with Gasteiger partial charge in [0.25, 0.3) is 0 Å². The second-order valence-corrected chi connectivity index (χ2v) is 7.53. The monoisotopic (exact) mass is 420 g/mol. The Morgan fingerprint density at radius 1 is 1.15 bits per heavy atom. The highest BCUT2D eigenvalue weighted by atomic mass is 35.5. The number of amides is 1. The summed E-state index contributed by atoms with van der Waals surface area (Å²) >= 11 is 13.7. The Bertz CT molecular complexity index is 931. The van der Waals surface area contributed by atoms with Crippen LogP contribution in [-0.2, 0) is 11.3 Å². The van der Waals surface area contributed by atoms with E-state index in [9.17, 15) is 4.79 Å².